The molecule has 0 aromatic heterocycles. The van der Waals surface area contributed by atoms with Gasteiger partial charge in [-0.25, -0.2) is 0 Å². The number of hydrogen-bond donors (Lipinski definition) is 2. The number of nitrogens with zero attached hydrogens (tertiary/aromatic N) is 1. The standard InChI is InChI=1S/C21H21N3O3S/c1-2-3-6-14-9-11-15(12-10-14)22-21(28)23-18(25)13-24-19(26)16-7-4-5-8-17(16)20(24)27/h4-5,7-12H,2-3,6,13H2,1H3,(H2,22,23,25,28). The number of benzene rings is 2. The van der Waals surface area contributed by atoms with Crippen molar-refractivity contribution < 1.29 is 14.4 Å². The first-order chi connectivity index (χ1) is 13.5. The Morgan fingerprint density at radius 2 is 1.61 bits per heavy atom. The van der Waals surface area contributed by atoms with Crippen molar-refractivity contribution in [3.05, 3.63) is 65.2 Å². The number of nitrogens with one attached hydrogen (secondary N) is 2. The van der Waals surface area contributed by atoms with E-state index in [1.54, 1.807) is 24.3 Å². The van der Waals surface area contributed by atoms with Crippen LogP contribution in [0, 0.1) is 0 Å². The molecule has 0 fully saturated rings. The van der Waals surface area contributed by atoms with Gasteiger partial charge >= 0.3 is 0 Å². The second kappa shape index (κ2) is 8.75. The van der Waals surface area contributed by atoms with Gasteiger partial charge in [-0.2, -0.15) is 0 Å². The van der Waals surface area contributed by atoms with Crippen LogP contribution in [0.2, 0.25) is 0 Å². The normalized spacial score (nSPS) is 12.7. The molecular weight excluding hydrogens is 374 g/mol. The summed E-state index contributed by atoms with van der Waals surface area (Å²) in [4.78, 5) is 37.8. The van der Waals surface area contributed by atoms with Crippen LogP contribution in [0.4, 0.5) is 5.69 Å². The first-order valence-electron chi connectivity index (χ1n) is 9.14. The minimum absolute atomic E-state index is 0.114. The molecule has 0 bridgehead atoms. The fourth-order valence-electron chi connectivity index (χ4n) is 2.99. The van der Waals surface area contributed by atoms with E-state index in [2.05, 4.69) is 17.6 Å². The molecule has 2 N–H and O–H groups in total. The maximum Gasteiger partial charge on any atom is 0.262 e. The molecule has 1 aliphatic rings. The summed E-state index contributed by atoms with van der Waals surface area (Å²) in [6.45, 7) is 1.77. The van der Waals surface area contributed by atoms with E-state index in [4.69, 9.17) is 12.2 Å². The van der Waals surface area contributed by atoms with E-state index in [0.717, 1.165) is 29.8 Å². The van der Waals surface area contributed by atoms with Gasteiger partial charge in [-0.05, 0) is 54.9 Å². The maximum absolute atomic E-state index is 12.3. The van der Waals surface area contributed by atoms with Gasteiger partial charge < -0.3 is 10.6 Å². The Morgan fingerprint density at radius 3 is 2.18 bits per heavy atom. The maximum atomic E-state index is 12.3. The molecule has 0 saturated carbocycles. The van der Waals surface area contributed by atoms with E-state index in [0.29, 0.717) is 11.1 Å². The highest BCUT2D eigenvalue weighted by Gasteiger charge is 2.36. The summed E-state index contributed by atoms with van der Waals surface area (Å²) in [6.07, 6.45) is 3.31. The van der Waals surface area contributed by atoms with Crippen molar-refractivity contribution in [3.8, 4) is 0 Å². The minimum Gasteiger partial charge on any atom is -0.332 e. The molecule has 7 heteroatoms. The number of rotatable bonds is 6. The van der Waals surface area contributed by atoms with Gasteiger partial charge in [0, 0.05) is 5.69 Å². The molecule has 0 unspecified atom stereocenters. The second-order valence-corrected chi connectivity index (χ2v) is 6.95. The van der Waals surface area contributed by atoms with Crippen molar-refractivity contribution >= 4 is 40.7 Å². The number of imide groups is 1. The first kappa shape index (κ1) is 19.7. The molecule has 3 amide bonds. The number of fused-ring (bicyclic) bond motifs is 1. The van der Waals surface area contributed by atoms with Gasteiger partial charge in [-0.15, -0.1) is 0 Å². The van der Waals surface area contributed by atoms with Gasteiger partial charge in [-0.1, -0.05) is 37.6 Å². The summed E-state index contributed by atoms with van der Waals surface area (Å²) in [5.74, 6) is -1.49. The molecule has 2 aromatic carbocycles. The van der Waals surface area contributed by atoms with E-state index < -0.39 is 17.7 Å². The Hall–Kier alpha value is -3.06. The lowest BCUT2D eigenvalue weighted by Gasteiger charge is -2.15. The van der Waals surface area contributed by atoms with Crippen LogP contribution in [0.1, 0.15) is 46.0 Å². The van der Waals surface area contributed by atoms with Gasteiger partial charge in [0.25, 0.3) is 11.8 Å². The van der Waals surface area contributed by atoms with E-state index >= 15 is 0 Å². The monoisotopic (exact) mass is 395 g/mol. The summed E-state index contributed by atoms with van der Waals surface area (Å²) < 4.78 is 0. The third kappa shape index (κ3) is 4.43. The van der Waals surface area contributed by atoms with Crippen molar-refractivity contribution in [2.45, 2.75) is 26.2 Å². The largest absolute Gasteiger partial charge is 0.332 e. The Bertz CT molecular complexity index is 890. The third-order valence-electron chi connectivity index (χ3n) is 4.46. The lowest BCUT2D eigenvalue weighted by Crippen LogP contribution is -2.43. The number of carbonyl (C=O) groups is 3. The number of unbranched alkanes of at least 4 members (excludes halogenated alkanes) is 1. The summed E-state index contributed by atoms with van der Waals surface area (Å²) in [5.41, 5.74) is 2.62. The zero-order valence-corrected chi connectivity index (χ0v) is 16.3. The lowest BCUT2D eigenvalue weighted by molar-refractivity contribution is -0.120. The molecule has 0 saturated heterocycles. The SMILES string of the molecule is CCCCc1ccc(NC(=S)NC(=O)CN2C(=O)c3ccccc3C2=O)cc1. The first-order valence-corrected chi connectivity index (χ1v) is 9.55. The Balaban J connectivity index is 1.53. The summed E-state index contributed by atoms with van der Waals surface area (Å²) in [6, 6.07) is 14.3. The number of amides is 3. The topological polar surface area (TPSA) is 78.5 Å². The predicted molar refractivity (Wildman–Crippen MR) is 111 cm³/mol. The Kier molecular flexibility index (Phi) is 6.16. The highest BCUT2D eigenvalue weighted by atomic mass is 32.1. The van der Waals surface area contributed by atoms with Gasteiger partial charge in [0.1, 0.15) is 6.54 Å². The highest BCUT2D eigenvalue weighted by Crippen LogP contribution is 2.21. The molecule has 0 spiro atoms. The molecular formula is C21H21N3O3S. The average Bonchev–Trinajstić information content (AvgIpc) is 2.92. The predicted octanol–water partition coefficient (Wildman–Crippen LogP) is 3.14. The highest BCUT2D eigenvalue weighted by molar-refractivity contribution is 7.80. The van der Waals surface area contributed by atoms with Crippen molar-refractivity contribution in [2.75, 3.05) is 11.9 Å². The molecule has 6 nitrogen and oxygen atoms in total. The van der Waals surface area contributed by atoms with Gasteiger partial charge in [0.15, 0.2) is 5.11 Å². The molecule has 2 aromatic rings. The molecule has 0 aliphatic carbocycles. The molecule has 0 atom stereocenters. The van der Waals surface area contributed by atoms with E-state index in [-0.39, 0.29) is 11.7 Å². The van der Waals surface area contributed by atoms with Crippen LogP contribution in [0.25, 0.3) is 0 Å². The zero-order chi connectivity index (χ0) is 20.1. The summed E-state index contributed by atoms with van der Waals surface area (Å²) in [5, 5.41) is 5.55. The van der Waals surface area contributed by atoms with Crippen LogP contribution in [0.15, 0.2) is 48.5 Å². The Morgan fingerprint density at radius 1 is 1.00 bits per heavy atom. The number of anilines is 1. The number of carbonyl (C=O) groups excluding carboxylic acids is 3. The summed E-state index contributed by atoms with van der Waals surface area (Å²) >= 11 is 5.15. The Labute approximate surface area is 168 Å². The molecule has 144 valence electrons. The number of thiocarbonyl (C=S) groups is 1. The average molecular weight is 395 g/mol. The molecule has 0 radical (unpaired) electrons. The third-order valence-corrected chi connectivity index (χ3v) is 4.67. The molecule has 28 heavy (non-hydrogen) atoms. The molecule has 1 heterocycles. The van der Waals surface area contributed by atoms with Gasteiger partial charge in [0.05, 0.1) is 11.1 Å². The fourth-order valence-corrected chi connectivity index (χ4v) is 3.22. The van der Waals surface area contributed by atoms with Gasteiger partial charge in [0.2, 0.25) is 5.91 Å². The summed E-state index contributed by atoms with van der Waals surface area (Å²) in [7, 11) is 0. The van der Waals surface area contributed by atoms with Crippen LogP contribution >= 0.6 is 12.2 Å². The smallest absolute Gasteiger partial charge is 0.262 e. The van der Waals surface area contributed by atoms with Crippen molar-refractivity contribution in [1.29, 1.82) is 0 Å². The second-order valence-electron chi connectivity index (χ2n) is 6.54. The molecule has 3 rings (SSSR count). The van der Waals surface area contributed by atoms with Crippen LogP contribution in [-0.2, 0) is 11.2 Å². The van der Waals surface area contributed by atoms with Gasteiger partial charge in [-0.3, -0.25) is 19.3 Å². The number of hydrogen-bond acceptors (Lipinski definition) is 4. The minimum atomic E-state index is -0.536. The van der Waals surface area contributed by atoms with E-state index in [9.17, 15) is 14.4 Å². The fraction of sp³-hybridized carbons (Fsp3) is 0.238. The van der Waals surface area contributed by atoms with E-state index in [1.807, 2.05) is 24.3 Å². The van der Waals surface area contributed by atoms with Crippen LogP contribution < -0.4 is 10.6 Å². The van der Waals surface area contributed by atoms with Crippen molar-refractivity contribution in [1.82, 2.24) is 10.2 Å². The molecule has 1 aliphatic heterocycles. The van der Waals surface area contributed by atoms with Crippen LogP contribution in [0.5, 0.6) is 0 Å². The van der Waals surface area contributed by atoms with E-state index in [1.165, 1.54) is 5.56 Å². The zero-order valence-electron chi connectivity index (χ0n) is 15.5. The van der Waals surface area contributed by atoms with Crippen LogP contribution in [-0.4, -0.2) is 34.3 Å². The van der Waals surface area contributed by atoms with Crippen molar-refractivity contribution in [3.63, 3.8) is 0 Å². The van der Waals surface area contributed by atoms with Crippen LogP contribution in [0.3, 0.4) is 0 Å². The van der Waals surface area contributed by atoms with Crippen molar-refractivity contribution in [2.24, 2.45) is 0 Å². The quantitative estimate of drug-likeness (QED) is 0.580. The number of aryl methyl sites for hydroxylation is 1. The lowest BCUT2D eigenvalue weighted by atomic mass is 10.1.